The van der Waals surface area contributed by atoms with Crippen LogP contribution in [0, 0.1) is 0 Å². The number of rotatable bonds is 10. The normalized spacial score (nSPS) is 12.0. The third kappa shape index (κ3) is 10.5. The van der Waals surface area contributed by atoms with E-state index in [1.54, 1.807) is 11.3 Å². The molecule has 12 heterocycles. The summed E-state index contributed by atoms with van der Waals surface area (Å²) in [4.78, 5) is 37.3. The van der Waals surface area contributed by atoms with Gasteiger partial charge in [0.2, 0.25) is 11.9 Å². The van der Waals surface area contributed by atoms with Gasteiger partial charge in [0.25, 0.3) is 0 Å². The van der Waals surface area contributed by atoms with E-state index in [9.17, 15) is 0 Å². The second-order valence-corrected chi connectivity index (χ2v) is 32.5. The Morgan fingerprint density at radius 1 is 0.217 bits per heavy atom. The van der Waals surface area contributed by atoms with Crippen LogP contribution in [0.1, 0.15) is 0 Å². The lowest BCUT2D eigenvalue weighted by Gasteiger charge is -2.14. The van der Waals surface area contributed by atoms with E-state index in [1.165, 1.54) is 73.6 Å². The van der Waals surface area contributed by atoms with E-state index in [2.05, 4.69) is 343 Å². The molecule has 26 rings (SSSR count). The SMILES string of the molecule is c1ccc(-c2cc(-c3ccccc3)nc(-n3c4ccccc4c4c5ccccc5n(-c5ccc6sc7ncc(-n8c9ccccc9c9ccccc98)cc7c6c5)c43)n2)cc1.c1ccc(-c2nc(-c3ccccc3)nc(-n3c4ccccc4c4c5ccccc5n(-c5ccc6sc7ccc(-n8c9ccccc9c9cccnc98)cc7c6c5)c43)n2)cc1. The summed E-state index contributed by atoms with van der Waals surface area (Å²) < 4.78 is 17.6. The molecule has 0 radical (unpaired) electrons. The molecule has 0 N–H and O–H groups in total. The van der Waals surface area contributed by atoms with Gasteiger partial charge in [-0.25, -0.2) is 24.9 Å². The van der Waals surface area contributed by atoms with Crippen molar-refractivity contribution in [3.05, 3.63) is 382 Å². The molecule has 0 aliphatic heterocycles. The van der Waals surface area contributed by atoms with Crippen LogP contribution in [0.3, 0.4) is 0 Å². The lowest BCUT2D eigenvalue weighted by molar-refractivity contribution is 0.933. The molecule has 120 heavy (non-hydrogen) atoms. The molecule has 26 aromatic rings. The van der Waals surface area contributed by atoms with Gasteiger partial charge in [0.15, 0.2) is 11.6 Å². The zero-order chi connectivity index (χ0) is 78.6. The van der Waals surface area contributed by atoms with Crippen molar-refractivity contribution in [2.75, 3.05) is 0 Å². The largest absolute Gasteiger partial charge is 0.308 e. The molecular formula is C105H63N13S2. The second kappa shape index (κ2) is 26.9. The molecule has 14 aromatic carbocycles. The topological polar surface area (TPSA) is 120 Å². The maximum absolute atomic E-state index is 5.37. The Kier molecular flexibility index (Phi) is 15.1. The minimum Gasteiger partial charge on any atom is -0.308 e. The number of aromatic nitrogens is 13. The fourth-order valence-electron chi connectivity index (χ4n) is 18.5. The number of thiophene rings is 2. The summed E-state index contributed by atoms with van der Waals surface area (Å²) in [5.74, 6) is 2.42. The molecule has 12 aromatic heterocycles. The van der Waals surface area contributed by atoms with Crippen LogP contribution < -0.4 is 0 Å². The van der Waals surface area contributed by atoms with Gasteiger partial charge in [0.05, 0.1) is 61.9 Å². The van der Waals surface area contributed by atoms with Gasteiger partial charge in [-0.3, -0.25) is 22.8 Å². The number of pyridine rings is 2. The zero-order valence-electron chi connectivity index (χ0n) is 64.0. The number of benzene rings is 14. The summed E-state index contributed by atoms with van der Waals surface area (Å²) in [6.07, 6.45) is 3.90. The molecule has 0 saturated carbocycles. The predicted octanol–water partition coefficient (Wildman–Crippen LogP) is 26.8. The number of hydrogen-bond donors (Lipinski definition) is 0. The Morgan fingerprint density at radius 2 is 0.558 bits per heavy atom. The van der Waals surface area contributed by atoms with Crippen molar-refractivity contribution in [2.45, 2.75) is 0 Å². The lowest BCUT2D eigenvalue weighted by Crippen LogP contribution is -2.08. The summed E-state index contributed by atoms with van der Waals surface area (Å²) in [6.45, 7) is 0. The molecule has 0 spiro atoms. The van der Waals surface area contributed by atoms with Crippen molar-refractivity contribution in [1.29, 1.82) is 0 Å². The van der Waals surface area contributed by atoms with E-state index in [-0.39, 0.29) is 0 Å². The van der Waals surface area contributed by atoms with E-state index in [0.717, 1.165) is 133 Å². The predicted molar refractivity (Wildman–Crippen MR) is 496 cm³/mol. The van der Waals surface area contributed by atoms with E-state index >= 15 is 0 Å². The molecule has 0 aliphatic rings. The zero-order valence-corrected chi connectivity index (χ0v) is 65.6. The number of para-hydroxylation sites is 7. The standard InChI is InChI=1S/C53H32N6S.C52H31N7S/c1-3-15-33(16-4-1)43-31-44(34-17-5-2-6-18-34)56-53(55-43)59-48-26-14-10-22-40(48)50-39-21-9-13-25-47(39)58(52(50)59)35-27-28-49-41(29-35)42-30-36(32-54-51(42)60-49)57-45-23-11-7-19-37(45)38-20-8-12-24-46(38)57;1-3-14-32(15-4-1)48-54-49(33-16-5-2-6-17-33)56-52(55-48)59-44-24-12-9-20-39(44)47-38-19-8-11-23-43(38)58(51(47)59)35-26-28-46-41(31-35)40-30-34(25-27-45(40)60-46)57-42-22-10-7-18-36(42)37-21-13-29-53-50(37)57/h1-32H;1-31H. The fourth-order valence-corrected chi connectivity index (χ4v) is 20.5. The molecule has 0 amide bonds. The third-order valence-electron chi connectivity index (χ3n) is 23.7. The van der Waals surface area contributed by atoms with Gasteiger partial charge < -0.3 is 4.57 Å². The summed E-state index contributed by atoms with van der Waals surface area (Å²) >= 11 is 3.56. The molecule has 15 heteroatoms. The first kappa shape index (κ1) is 67.5. The van der Waals surface area contributed by atoms with Gasteiger partial charge in [-0.1, -0.05) is 249 Å². The average molecular weight is 1570 g/mol. The van der Waals surface area contributed by atoms with E-state index in [4.69, 9.17) is 34.9 Å². The van der Waals surface area contributed by atoms with Crippen molar-refractivity contribution >= 4 is 173 Å². The molecule has 0 bridgehead atoms. The van der Waals surface area contributed by atoms with Crippen molar-refractivity contribution in [3.63, 3.8) is 0 Å². The second-order valence-electron chi connectivity index (χ2n) is 30.4. The van der Waals surface area contributed by atoms with Crippen LogP contribution in [0.4, 0.5) is 0 Å². The van der Waals surface area contributed by atoms with E-state index in [0.29, 0.717) is 23.5 Å². The average Bonchev–Trinajstić information content (AvgIpc) is 1.51. The highest BCUT2D eigenvalue weighted by Gasteiger charge is 2.29. The van der Waals surface area contributed by atoms with Crippen LogP contribution in [-0.4, -0.2) is 62.3 Å². The van der Waals surface area contributed by atoms with Crippen LogP contribution in [0.5, 0.6) is 0 Å². The van der Waals surface area contributed by atoms with Crippen LogP contribution >= 0.6 is 22.7 Å². The van der Waals surface area contributed by atoms with Gasteiger partial charge in [0, 0.05) is 135 Å². The Morgan fingerprint density at radius 3 is 1.02 bits per heavy atom. The summed E-state index contributed by atoms with van der Waals surface area (Å²) in [5, 5.41) is 16.5. The Labute approximate surface area is 692 Å². The van der Waals surface area contributed by atoms with Gasteiger partial charge in [-0.2, -0.15) is 9.97 Å². The van der Waals surface area contributed by atoms with Gasteiger partial charge in [-0.15, -0.1) is 22.7 Å². The quantitative estimate of drug-likeness (QED) is 0.134. The molecule has 0 saturated heterocycles. The lowest BCUT2D eigenvalue weighted by atomic mass is 10.1. The number of hydrogen-bond acceptors (Lipinski definition) is 9. The molecular weight excluding hydrogens is 1510 g/mol. The van der Waals surface area contributed by atoms with Crippen molar-refractivity contribution in [2.24, 2.45) is 0 Å². The summed E-state index contributed by atoms with van der Waals surface area (Å²) in [5.41, 5.74) is 20.7. The fraction of sp³-hybridized carbons (Fsp3) is 0. The molecule has 0 atom stereocenters. The minimum atomic E-state index is 0.560. The summed E-state index contributed by atoms with van der Waals surface area (Å²) in [6, 6.07) is 131. The Balaban J connectivity index is 0.000000133. The van der Waals surface area contributed by atoms with E-state index < -0.39 is 0 Å². The Hall–Kier alpha value is -15.8. The smallest absolute Gasteiger partial charge is 0.239 e. The molecule has 560 valence electrons. The highest BCUT2D eigenvalue weighted by Crippen LogP contribution is 2.47. The van der Waals surface area contributed by atoms with Gasteiger partial charge in [0.1, 0.15) is 21.8 Å². The highest BCUT2D eigenvalue weighted by atomic mass is 32.1. The Bertz CT molecular complexity index is 7960. The summed E-state index contributed by atoms with van der Waals surface area (Å²) in [7, 11) is 0. The number of fused-ring (bicyclic) bond motifs is 22. The van der Waals surface area contributed by atoms with Crippen LogP contribution in [0.15, 0.2) is 382 Å². The molecule has 13 nitrogen and oxygen atoms in total. The molecule has 0 aliphatic carbocycles. The third-order valence-corrected chi connectivity index (χ3v) is 25.9. The maximum Gasteiger partial charge on any atom is 0.239 e. The molecule has 0 fully saturated rings. The monoisotopic (exact) mass is 1570 g/mol. The van der Waals surface area contributed by atoms with Crippen LogP contribution in [-0.2, 0) is 0 Å². The van der Waals surface area contributed by atoms with Crippen molar-refractivity contribution in [3.8, 4) is 79.9 Å². The highest BCUT2D eigenvalue weighted by molar-refractivity contribution is 7.26. The van der Waals surface area contributed by atoms with Gasteiger partial charge in [-0.05, 0) is 121 Å². The van der Waals surface area contributed by atoms with Crippen LogP contribution in [0.25, 0.3) is 230 Å². The maximum atomic E-state index is 5.37. The number of nitrogens with zero attached hydrogens (tertiary/aromatic N) is 13. The first-order chi connectivity index (χ1) is 59.5. The molecule has 0 unspecified atom stereocenters. The minimum absolute atomic E-state index is 0.560. The van der Waals surface area contributed by atoms with Crippen molar-refractivity contribution in [1.82, 2.24) is 62.3 Å². The van der Waals surface area contributed by atoms with Crippen molar-refractivity contribution < 1.29 is 0 Å². The van der Waals surface area contributed by atoms with E-state index in [1.807, 2.05) is 78.3 Å². The van der Waals surface area contributed by atoms with Gasteiger partial charge >= 0.3 is 0 Å². The first-order valence-electron chi connectivity index (χ1n) is 40.1. The first-order valence-corrected chi connectivity index (χ1v) is 41.7. The van der Waals surface area contributed by atoms with Crippen LogP contribution in [0.2, 0.25) is 0 Å².